The van der Waals surface area contributed by atoms with Gasteiger partial charge in [0.2, 0.25) is 0 Å². The molecule has 1 heterocycles. The van der Waals surface area contributed by atoms with Crippen molar-refractivity contribution in [3.05, 3.63) is 0 Å². The fourth-order valence-electron chi connectivity index (χ4n) is 2.08. The lowest BCUT2D eigenvalue weighted by Crippen LogP contribution is -2.54. The lowest BCUT2D eigenvalue weighted by atomic mass is 9.87. The zero-order chi connectivity index (χ0) is 8.39. The Kier molecular flexibility index (Phi) is 2.63. The summed E-state index contributed by atoms with van der Waals surface area (Å²) in [6.07, 6.45) is 3.04. The van der Waals surface area contributed by atoms with Crippen LogP contribution in [0.25, 0.3) is 0 Å². The number of nitrogens with one attached hydrogen (secondary N) is 1. The zero-order valence-electron chi connectivity index (χ0n) is 7.75. The monoisotopic (exact) mass is 170 g/mol. The molecule has 2 aliphatic rings. The average Bonchev–Trinajstić information content (AvgIpc) is 2.04. The Balaban J connectivity index is 1.72. The van der Waals surface area contributed by atoms with Crippen molar-refractivity contribution in [2.45, 2.75) is 25.0 Å². The molecule has 3 nitrogen and oxygen atoms in total. The van der Waals surface area contributed by atoms with Crippen LogP contribution in [0, 0.1) is 0 Å². The summed E-state index contributed by atoms with van der Waals surface area (Å²) in [5.41, 5.74) is 0. The predicted molar refractivity (Wildman–Crippen MR) is 48.3 cm³/mol. The topological polar surface area (TPSA) is 24.5 Å². The fourth-order valence-corrected chi connectivity index (χ4v) is 2.08. The molecule has 1 saturated heterocycles. The SMILES string of the molecule is CO[C@H]1C[C@H](N2CCNCC2)C1. The summed E-state index contributed by atoms with van der Waals surface area (Å²) in [5.74, 6) is 0. The third-order valence-corrected chi connectivity index (χ3v) is 3.07. The summed E-state index contributed by atoms with van der Waals surface area (Å²) in [7, 11) is 1.82. The Hall–Kier alpha value is -0.120. The van der Waals surface area contributed by atoms with Crippen molar-refractivity contribution in [3.63, 3.8) is 0 Å². The summed E-state index contributed by atoms with van der Waals surface area (Å²) in [5, 5.41) is 3.37. The second-order valence-corrected chi connectivity index (χ2v) is 3.77. The van der Waals surface area contributed by atoms with Crippen molar-refractivity contribution in [3.8, 4) is 0 Å². The molecule has 1 aliphatic heterocycles. The Morgan fingerprint density at radius 2 is 1.92 bits per heavy atom. The number of piperazine rings is 1. The van der Waals surface area contributed by atoms with E-state index >= 15 is 0 Å². The summed E-state index contributed by atoms with van der Waals surface area (Å²) >= 11 is 0. The first-order valence-electron chi connectivity index (χ1n) is 4.87. The van der Waals surface area contributed by atoms with Gasteiger partial charge in [-0.2, -0.15) is 0 Å². The molecule has 2 rings (SSSR count). The van der Waals surface area contributed by atoms with Gasteiger partial charge in [-0.05, 0) is 12.8 Å². The van der Waals surface area contributed by atoms with Crippen LogP contribution in [0.15, 0.2) is 0 Å². The maximum Gasteiger partial charge on any atom is 0.0601 e. The number of hydrogen-bond donors (Lipinski definition) is 1. The highest BCUT2D eigenvalue weighted by Crippen LogP contribution is 2.27. The molecule has 0 spiro atoms. The van der Waals surface area contributed by atoms with E-state index in [1.807, 2.05) is 7.11 Å². The van der Waals surface area contributed by atoms with Gasteiger partial charge >= 0.3 is 0 Å². The minimum absolute atomic E-state index is 0.546. The van der Waals surface area contributed by atoms with Crippen LogP contribution in [0.3, 0.4) is 0 Å². The Bertz CT molecular complexity index is 139. The average molecular weight is 170 g/mol. The van der Waals surface area contributed by atoms with Crippen molar-refractivity contribution in [2.75, 3.05) is 33.3 Å². The molecule has 70 valence electrons. The molecule has 0 aromatic heterocycles. The van der Waals surface area contributed by atoms with E-state index in [0.29, 0.717) is 6.10 Å². The molecule has 0 amide bonds. The van der Waals surface area contributed by atoms with Crippen LogP contribution in [0.2, 0.25) is 0 Å². The van der Waals surface area contributed by atoms with Gasteiger partial charge in [-0.15, -0.1) is 0 Å². The molecule has 1 aliphatic carbocycles. The second kappa shape index (κ2) is 3.73. The molecule has 0 aromatic carbocycles. The van der Waals surface area contributed by atoms with Crippen molar-refractivity contribution in [1.29, 1.82) is 0 Å². The first-order chi connectivity index (χ1) is 5.90. The van der Waals surface area contributed by atoms with E-state index in [1.54, 1.807) is 0 Å². The minimum Gasteiger partial charge on any atom is -0.381 e. The maximum absolute atomic E-state index is 5.26. The quantitative estimate of drug-likeness (QED) is 0.634. The van der Waals surface area contributed by atoms with Crippen LogP contribution < -0.4 is 5.32 Å². The highest BCUT2D eigenvalue weighted by molar-refractivity contribution is 4.89. The third-order valence-electron chi connectivity index (χ3n) is 3.07. The van der Waals surface area contributed by atoms with E-state index in [0.717, 1.165) is 19.1 Å². The molecule has 1 N–H and O–H groups in total. The van der Waals surface area contributed by atoms with Crippen LogP contribution in [-0.2, 0) is 4.74 Å². The third kappa shape index (κ3) is 1.63. The number of ether oxygens (including phenoxy) is 1. The minimum atomic E-state index is 0.546. The molecular weight excluding hydrogens is 152 g/mol. The Morgan fingerprint density at radius 1 is 1.25 bits per heavy atom. The molecule has 12 heavy (non-hydrogen) atoms. The summed E-state index contributed by atoms with van der Waals surface area (Å²) < 4.78 is 5.26. The standard InChI is InChI=1S/C9H18N2O/c1-12-9-6-8(7-9)11-4-2-10-3-5-11/h8-10H,2-7H2,1H3/t8-,9-. The van der Waals surface area contributed by atoms with Crippen LogP contribution in [-0.4, -0.2) is 50.3 Å². The van der Waals surface area contributed by atoms with E-state index in [9.17, 15) is 0 Å². The predicted octanol–water partition coefficient (Wildman–Crippen LogP) is 0.0690. The number of nitrogens with zero attached hydrogens (tertiary/aromatic N) is 1. The Labute approximate surface area is 74.1 Å². The lowest BCUT2D eigenvalue weighted by molar-refractivity contribution is -0.0301. The van der Waals surface area contributed by atoms with E-state index in [4.69, 9.17) is 4.74 Å². The van der Waals surface area contributed by atoms with Gasteiger partial charge in [-0.3, -0.25) is 4.90 Å². The van der Waals surface area contributed by atoms with Crippen molar-refractivity contribution < 1.29 is 4.74 Å². The van der Waals surface area contributed by atoms with Crippen LogP contribution in [0.4, 0.5) is 0 Å². The van der Waals surface area contributed by atoms with E-state index in [1.165, 1.54) is 25.9 Å². The van der Waals surface area contributed by atoms with E-state index in [2.05, 4.69) is 10.2 Å². The van der Waals surface area contributed by atoms with Gasteiger partial charge in [-0.1, -0.05) is 0 Å². The van der Waals surface area contributed by atoms with Crippen LogP contribution >= 0.6 is 0 Å². The summed E-state index contributed by atoms with van der Waals surface area (Å²) in [6.45, 7) is 4.77. The molecule has 0 radical (unpaired) electrons. The van der Waals surface area contributed by atoms with Crippen molar-refractivity contribution >= 4 is 0 Å². The number of hydrogen-bond acceptors (Lipinski definition) is 3. The van der Waals surface area contributed by atoms with Gasteiger partial charge in [0.25, 0.3) is 0 Å². The molecule has 1 saturated carbocycles. The van der Waals surface area contributed by atoms with E-state index < -0.39 is 0 Å². The van der Waals surface area contributed by atoms with Gasteiger partial charge in [-0.25, -0.2) is 0 Å². The lowest BCUT2D eigenvalue weighted by Gasteiger charge is -2.43. The van der Waals surface area contributed by atoms with Gasteiger partial charge in [0.05, 0.1) is 6.10 Å². The zero-order valence-corrected chi connectivity index (χ0v) is 7.75. The molecular formula is C9H18N2O. The fraction of sp³-hybridized carbons (Fsp3) is 1.00. The van der Waals surface area contributed by atoms with Gasteiger partial charge < -0.3 is 10.1 Å². The van der Waals surface area contributed by atoms with Gasteiger partial charge in [0.15, 0.2) is 0 Å². The second-order valence-electron chi connectivity index (χ2n) is 3.77. The first-order valence-corrected chi connectivity index (χ1v) is 4.87. The largest absolute Gasteiger partial charge is 0.381 e. The highest BCUT2D eigenvalue weighted by Gasteiger charge is 2.33. The molecule has 0 atom stereocenters. The first kappa shape index (κ1) is 8.48. The molecule has 0 aromatic rings. The summed E-state index contributed by atoms with van der Waals surface area (Å²) in [4.78, 5) is 2.59. The summed E-state index contributed by atoms with van der Waals surface area (Å²) in [6, 6.07) is 0.817. The van der Waals surface area contributed by atoms with Gasteiger partial charge in [0.1, 0.15) is 0 Å². The van der Waals surface area contributed by atoms with Gasteiger partial charge in [0, 0.05) is 39.3 Å². The number of methoxy groups -OCH3 is 1. The normalized spacial score (nSPS) is 37.8. The maximum atomic E-state index is 5.26. The van der Waals surface area contributed by atoms with E-state index in [-0.39, 0.29) is 0 Å². The van der Waals surface area contributed by atoms with Crippen molar-refractivity contribution in [2.24, 2.45) is 0 Å². The molecule has 2 fully saturated rings. The van der Waals surface area contributed by atoms with Crippen molar-refractivity contribution in [1.82, 2.24) is 10.2 Å². The molecule has 0 bridgehead atoms. The smallest absolute Gasteiger partial charge is 0.0601 e. The Morgan fingerprint density at radius 3 is 2.50 bits per heavy atom. The molecule has 0 unspecified atom stereocenters. The highest BCUT2D eigenvalue weighted by atomic mass is 16.5. The van der Waals surface area contributed by atoms with Crippen LogP contribution in [0.5, 0.6) is 0 Å². The number of rotatable bonds is 2. The van der Waals surface area contributed by atoms with Crippen LogP contribution in [0.1, 0.15) is 12.8 Å². The molecule has 3 heteroatoms.